The van der Waals surface area contributed by atoms with Gasteiger partial charge in [-0.2, -0.15) is 0 Å². The Labute approximate surface area is 155 Å². The molecule has 0 heterocycles. The Morgan fingerprint density at radius 3 is 2.12 bits per heavy atom. The molecular weight excluding hydrogens is 328 g/mol. The number of hydrogen-bond donors (Lipinski definition) is 1. The first-order valence-electron chi connectivity index (χ1n) is 9.73. The lowest BCUT2D eigenvalue weighted by Gasteiger charge is -2.53. The summed E-state index contributed by atoms with van der Waals surface area (Å²) in [5.74, 6) is 2.22. The zero-order chi connectivity index (χ0) is 18.3. The number of amides is 1. The molecule has 5 rings (SSSR count). The molecule has 0 unspecified atom stereocenters. The van der Waals surface area contributed by atoms with E-state index in [4.69, 9.17) is 4.74 Å². The summed E-state index contributed by atoms with van der Waals surface area (Å²) in [5.41, 5.74) is 1.78. The quantitative estimate of drug-likeness (QED) is 0.823. The second-order valence-corrected chi connectivity index (χ2v) is 8.55. The smallest absolute Gasteiger partial charge is 0.310 e. The molecule has 1 aromatic carbocycles. The van der Waals surface area contributed by atoms with Crippen molar-refractivity contribution in [1.82, 2.24) is 0 Å². The maximum atomic E-state index is 12.6. The third kappa shape index (κ3) is 3.44. The molecule has 1 aromatic rings. The van der Waals surface area contributed by atoms with Gasteiger partial charge in [0.2, 0.25) is 0 Å². The Morgan fingerprint density at radius 1 is 1.00 bits per heavy atom. The van der Waals surface area contributed by atoms with Gasteiger partial charge in [0.25, 0.3) is 5.91 Å². The summed E-state index contributed by atoms with van der Waals surface area (Å²) in [6.07, 6.45) is 6.08. The van der Waals surface area contributed by atoms with Crippen molar-refractivity contribution in [3.63, 3.8) is 0 Å². The van der Waals surface area contributed by atoms with Crippen LogP contribution < -0.4 is 10.2 Å². The number of carbonyl (C=O) groups is 2. The summed E-state index contributed by atoms with van der Waals surface area (Å²) in [6.45, 7) is -0.197. The molecule has 0 aliphatic heterocycles. The minimum atomic E-state index is -0.278. The van der Waals surface area contributed by atoms with Crippen LogP contribution in [0.1, 0.15) is 32.1 Å². The highest BCUT2D eigenvalue weighted by atomic mass is 16.5. The van der Waals surface area contributed by atoms with E-state index in [0.717, 1.165) is 17.5 Å². The van der Waals surface area contributed by atoms with E-state index < -0.39 is 0 Å². The van der Waals surface area contributed by atoms with E-state index in [0.29, 0.717) is 17.5 Å². The second-order valence-electron chi connectivity index (χ2n) is 8.55. The van der Waals surface area contributed by atoms with Crippen LogP contribution in [0.3, 0.4) is 0 Å². The molecule has 4 fully saturated rings. The molecule has 0 spiro atoms. The molecule has 0 saturated heterocycles. The van der Waals surface area contributed by atoms with E-state index in [1.165, 1.54) is 32.1 Å². The van der Waals surface area contributed by atoms with E-state index in [9.17, 15) is 9.59 Å². The van der Waals surface area contributed by atoms with E-state index >= 15 is 0 Å². The molecule has 5 heteroatoms. The Kier molecular flexibility index (Phi) is 4.63. The van der Waals surface area contributed by atoms with Crippen LogP contribution >= 0.6 is 0 Å². The normalized spacial score (nSPS) is 31.5. The van der Waals surface area contributed by atoms with Crippen LogP contribution in [0.2, 0.25) is 0 Å². The molecule has 0 radical (unpaired) electrons. The summed E-state index contributed by atoms with van der Waals surface area (Å²) >= 11 is 0. The van der Waals surface area contributed by atoms with Gasteiger partial charge in [-0.3, -0.25) is 9.59 Å². The molecule has 4 aliphatic rings. The van der Waals surface area contributed by atoms with Crippen LogP contribution in [0.25, 0.3) is 0 Å². The number of carbonyl (C=O) groups excluding carboxylic acids is 2. The van der Waals surface area contributed by atoms with Crippen molar-refractivity contribution in [2.45, 2.75) is 32.1 Å². The maximum Gasteiger partial charge on any atom is 0.310 e. The first-order valence-corrected chi connectivity index (χ1v) is 9.73. The summed E-state index contributed by atoms with van der Waals surface area (Å²) in [7, 11) is 3.94. The maximum absolute atomic E-state index is 12.6. The average Bonchev–Trinajstić information content (AvgIpc) is 2.59. The minimum absolute atomic E-state index is 0.0231. The predicted molar refractivity (Wildman–Crippen MR) is 101 cm³/mol. The summed E-state index contributed by atoms with van der Waals surface area (Å²) in [5, 5.41) is 2.80. The molecule has 0 atom stereocenters. The molecular formula is C21H28N2O3. The molecule has 1 amide bonds. The molecule has 140 valence electrons. The van der Waals surface area contributed by atoms with Crippen LogP contribution in [0, 0.1) is 29.6 Å². The lowest BCUT2D eigenvalue weighted by atomic mass is 9.52. The first kappa shape index (κ1) is 17.4. The van der Waals surface area contributed by atoms with Crippen molar-refractivity contribution in [1.29, 1.82) is 0 Å². The fourth-order valence-electron chi connectivity index (χ4n) is 5.58. The number of anilines is 2. The van der Waals surface area contributed by atoms with Crippen molar-refractivity contribution in [2.24, 2.45) is 29.6 Å². The monoisotopic (exact) mass is 356 g/mol. The van der Waals surface area contributed by atoms with E-state index in [1.54, 1.807) is 0 Å². The summed E-state index contributed by atoms with van der Waals surface area (Å²) in [4.78, 5) is 26.7. The Bertz CT molecular complexity index is 655. The van der Waals surface area contributed by atoms with Gasteiger partial charge in [0, 0.05) is 25.5 Å². The predicted octanol–water partition coefficient (Wildman–Crippen LogP) is 3.31. The Hall–Kier alpha value is -2.04. The zero-order valence-electron chi connectivity index (χ0n) is 15.6. The number of benzene rings is 1. The molecule has 5 nitrogen and oxygen atoms in total. The molecule has 1 N–H and O–H groups in total. The molecule has 4 aliphatic carbocycles. The molecule has 4 bridgehead atoms. The van der Waals surface area contributed by atoms with Crippen molar-refractivity contribution < 1.29 is 14.3 Å². The van der Waals surface area contributed by atoms with Crippen molar-refractivity contribution in [3.05, 3.63) is 24.3 Å². The highest BCUT2D eigenvalue weighted by molar-refractivity contribution is 5.93. The van der Waals surface area contributed by atoms with Gasteiger partial charge in [-0.05, 0) is 80.0 Å². The largest absolute Gasteiger partial charge is 0.455 e. The van der Waals surface area contributed by atoms with Crippen molar-refractivity contribution >= 4 is 23.3 Å². The third-order valence-electron chi connectivity index (χ3n) is 6.51. The zero-order valence-corrected chi connectivity index (χ0v) is 15.6. The number of ether oxygens (including phenoxy) is 1. The van der Waals surface area contributed by atoms with Crippen LogP contribution in [0.15, 0.2) is 24.3 Å². The van der Waals surface area contributed by atoms with Crippen LogP contribution in [-0.4, -0.2) is 32.6 Å². The Balaban J connectivity index is 1.28. The van der Waals surface area contributed by atoms with Gasteiger partial charge >= 0.3 is 5.97 Å². The lowest BCUT2D eigenvalue weighted by Crippen LogP contribution is -2.48. The highest BCUT2D eigenvalue weighted by Gasteiger charge is 2.51. The number of esters is 1. The number of nitrogens with zero attached hydrogens (tertiary/aromatic N) is 1. The van der Waals surface area contributed by atoms with Gasteiger partial charge in [-0.25, -0.2) is 0 Å². The average molecular weight is 356 g/mol. The Morgan fingerprint density at radius 2 is 1.58 bits per heavy atom. The van der Waals surface area contributed by atoms with E-state index in [2.05, 4.69) is 5.32 Å². The number of hydrogen-bond acceptors (Lipinski definition) is 4. The van der Waals surface area contributed by atoms with E-state index in [-0.39, 0.29) is 24.4 Å². The van der Waals surface area contributed by atoms with Gasteiger partial charge in [0.15, 0.2) is 6.61 Å². The highest BCUT2D eigenvalue weighted by Crippen LogP contribution is 2.56. The summed E-state index contributed by atoms with van der Waals surface area (Å²) < 4.78 is 5.40. The van der Waals surface area contributed by atoms with Crippen molar-refractivity contribution in [2.75, 3.05) is 30.9 Å². The minimum Gasteiger partial charge on any atom is -0.455 e. The van der Waals surface area contributed by atoms with Crippen molar-refractivity contribution in [3.8, 4) is 0 Å². The van der Waals surface area contributed by atoms with Crippen LogP contribution in [0.4, 0.5) is 11.4 Å². The lowest BCUT2D eigenvalue weighted by molar-refractivity contribution is -0.164. The SMILES string of the molecule is CN(C)c1ccc(NC(=O)COC(=O)C2C3CC4CC(C3)CC2C4)cc1. The molecule has 26 heavy (non-hydrogen) atoms. The number of rotatable bonds is 5. The fourth-order valence-corrected chi connectivity index (χ4v) is 5.58. The van der Waals surface area contributed by atoms with Gasteiger partial charge in [0.05, 0.1) is 5.92 Å². The van der Waals surface area contributed by atoms with Crippen LogP contribution in [-0.2, 0) is 14.3 Å². The number of nitrogens with one attached hydrogen (secondary N) is 1. The molecule has 4 saturated carbocycles. The third-order valence-corrected chi connectivity index (χ3v) is 6.51. The molecule has 0 aromatic heterocycles. The summed E-state index contributed by atoms with van der Waals surface area (Å²) in [6, 6.07) is 7.59. The van der Waals surface area contributed by atoms with Crippen LogP contribution in [0.5, 0.6) is 0 Å². The van der Waals surface area contributed by atoms with Gasteiger partial charge < -0.3 is 15.0 Å². The van der Waals surface area contributed by atoms with Gasteiger partial charge in [-0.15, -0.1) is 0 Å². The van der Waals surface area contributed by atoms with Gasteiger partial charge in [0.1, 0.15) is 0 Å². The van der Waals surface area contributed by atoms with Gasteiger partial charge in [-0.1, -0.05) is 0 Å². The fraction of sp³-hybridized carbons (Fsp3) is 0.619. The first-order chi connectivity index (χ1) is 12.5. The van der Waals surface area contributed by atoms with E-state index in [1.807, 2.05) is 43.3 Å². The standard InChI is InChI=1S/C21H28N2O3/c1-23(2)18-5-3-17(4-6-18)22-19(24)12-26-21(25)20-15-8-13-7-14(10-15)11-16(20)9-13/h3-6,13-16,20H,7-12H2,1-2H3,(H,22,24). The topological polar surface area (TPSA) is 58.6 Å². The second kappa shape index (κ2) is 6.93.